The minimum absolute atomic E-state index is 0.261. The maximum Gasteiger partial charge on any atom is 0.0935 e. The van der Waals surface area contributed by atoms with Gasteiger partial charge in [-0.1, -0.05) is 20.8 Å². The lowest BCUT2D eigenvalue weighted by Crippen LogP contribution is -2.45. The molecule has 1 saturated heterocycles. The lowest BCUT2D eigenvalue weighted by molar-refractivity contribution is -0.0711. The van der Waals surface area contributed by atoms with Gasteiger partial charge in [0.15, 0.2) is 0 Å². The highest BCUT2D eigenvalue weighted by Crippen LogP contribution is 2.08. The molecule has 1 aliphatic heterocycles. The van der Waals surface area contributed by atoms with Crippen molar-refractivity contribution in [2.45, 2.75) is 33.3 Å². The number of nitrogens with one attached hydrogen (secondary N) is 1. The average Bonchev–Trinajstić information content (AvgIpc) is 2.33. The second kappa shape index (κ2) is 9.73. The van der Waals surface area contributed by atoms with Crippen molar-refractivity contribution < 1.29 is 9.47 Å². The van der Waals surface area contributed by atoms with Crippen LogP contribution in [0.3, 0.4) is 0 Å². The molecule has 0 amide bonds. The Morgan fingerprint density at radius 2 is 2.28 bits per heavy atom. The minimum atomic E-state index is 0.261. The topological polar surface area (TPSA) is 33.7 Å². The third-order valence-corrected chi connectivity index (χ3v) is 3.04. The molecule has 0 bridgehead atoms. The Balaban J connectivity index is 2.03. The fourth-order valence-electron chi connectivity index (χ4n) is 2.25. The van der Waals surface area contributed by atoms with Gasteiger partial charge in [0.05, 0.1) is 19.3 Å². The molecule has 0 spiro atoms. The number of rotatable bonds is 9. The van der Waals surface area contributed by atoms with Crippen molar-refractivity contribution in [3.63, 3.8) is 0 Å². The number of nitrogens with zero attached hydrogens (tertiary/aromatic N) is 1. The van der Waals surface area contributed by atoms with E-state index in [4.69, 9.17) is 9.47 Å². The van der Waals surface area contributed by atoms with Crippen molar-refractivity contribution in [1.82, 2.24) is 10.2 Å². The Morgan fingerprint density at radius 1 is 1.44 bits per heavy atom. The highest BCUT2D eigenvalue weighted by molar-refractivity contribution is 4.72. The second-order valence-electron chi connectivity index (χ2n) is 5.43. The molecule has 0 saturated carbocycles. The molecular formula is C14H30N2O2. The maximum absolute atomic E-state index is 5.74. The first-order valence-electron chi connectivity index (χ1n) is 7.34. The zero-order valence-electron chi connectivity index (χ0n) is 12.3. The zero-order valence-corrected chi connectivity index (χ0v) is 12.3. The molecule has 108 valence electrons. The monoisotopic (exact) mass is 258 g/mol. The van der Waals surface area contributed by atoms with E-state index in [1.54, 1.807) is 0 Å². The van der Waals surface area contributed by atoms with E-state index >= 15 is 0 Å². The van der Waals surface area contributed by atoms with Crippen LogP contribution in [-0.4, -0.2) is 63.5 Å². The Bertz CT molecular complexity index is 200. The summed E-state index contributed by atoms with van der Waals surface area (Å²) in [5, 5.41) is 3.30. The fraction of sp³-hybridized carbons (Fsp3) is 1.00. The summed E-state index contributed by atoms with van der Waals surface area (Å²) in [6.07, 6.45) is 1.34. The second-order valence-corrected chi connectivity index (χ2v) is 5.43. The Labute approximate surface area is 112 Å². The van der Waals surface area contributed by atoms with Crippen LogP contribution in [0.1, 0.15) is 27.2 Å². The number of ether oxygens (including phenoxy) is 2. The van der Waals surface area contributed by atoms with Crippen LogP contribution in [0.2, 0.25) is 0 Å². The molecule has 0 aromatic heterocycles. The molecule has 0 aliphatic carbocycles. The third-order valence-electron chi connectivity index (χ3n) is 3.04. The lowest BCUT2D eigenvalue weighted by Gasteiger charge is -2.33. The minimum Gasteiger partial charge on any atom is -0.379 e. The summed E-state index contributed by atoms with van der Waals surface area (Å²) in [6.45, 7) is 14.4. The van der Waals surface area contributed by atoms with Crippen molar-refractivity contribution in [1.29, 1.82) is 0 Å². The molecule has 18 heavy (non-hydrogen) atoms. The summed E-state index contributed by atoms with van der Waals surface area (Å²) in [5.41, 5.74) is 0. The van der Waals surface area contributed by atoms with E-state index in [-0.39, 0.29) is 6.10 Å². The molecule has 1 N–H and O–H groups in total. The third kappa shape index (κ3) is 7.31. The van der Waals surface area contributed by atoms with Crippen LogP contribution in [-0.2, 0) is 9.47 Å². The van der Waals surface area contributed by atoms with Crippen molar-refractivity contribution in [3.05, 3.63) is 0 Å². The normalized spacial score (nSPS) is 21.7. The smallest absolute Gasteiger partial charge is 0.0935 e. The van der Waals surface area contributed by atoms with Gasteiger partial charge in [0.25, 0.3) is 0 Å². The highest BCUT2D eigenvalue weighted by Gasteiger charge is 2.20. The molecule has 1 rings (SSSR count). The van der Waals surface area contributed by atoms with Gasteiger partial charge < -0.3 is 14.8 Å². The molecule has 0 unspecified atom stereocenters. The van der Waals surface area contributed by atoms with Gasteiger partial charge in [0.1, 0.15) is 0 Å². The number of hydrogen-bond acceptors (Lipinski definition) is 4. The van der Waals surface area contributed by atoms with Crippen LogP contribution in [0.15, 0.2) is 0 Å². The van der Waals surface area contributed by atoms with Gasteiger partial charge in [-0.15, -0.1) is 0 Å². The van der Waals surface area contributed by atoms with Crippen LogP contribution in [0.25, 0.3) is 0 Å². The van der Waals surface area contributed by atoms with Crippen molar-refractivity contribution >= 4 is 0 Å². The van der Waals surface area contributed by atoms with Gasteiger partial charge >= 0.3 is 0 Å². The SMILES string of the molecule is CCNCCCOC[C@H]1CN(CC(C)C)CCO1. The van der Waals surface area contributed by atoms with Crippen LogP contribution in [0.5, 0.6) is 0 Å². The Hall–Kier alpha value is -0.160. The van der Waals surface area contributed by atoms with E-state index in [0.717, 1.165) is 58.3 Å². The summed E-state index contributed by atoms with van der Waals surface area (Å²) in [6, 6.07) is 0. The summed E-state index contributed by atoms with van der Waals surface area (Å²) in [4.78, 5) is 2.49. The van der Waals surface area contributed by atoms with Crippen molar-refractivity contribution in [2.75, 3.05) is 52.5 Å². The molecule has 1 aliphatic rings. The lowest BCUT2D eigenvalue weighted by atomic mass is 10.2. The van der Waals surface area contributed by atoms with Crippen LogP contribution < -0.4 is 5.32 Å². The maximum atomic E-state index is 5.74. The van der Waals surface area contributed by atoms with Gasteiger partial charge in [-0.25, -0.2) is 0 Å². The number of morpholine rings is 1. The molecular weight excluding hydrogens is 228 g/mol. The molecule has 1 heterocycles. The van der Waals surface area contributed by atoms with E-state index in [1.807, 2.05) is 0 Å². The molecule has 1 atom stereocenters. The van der Waals surface area contributed by atoms with E-state index < -0.39 is 0 Å². The molecule has 4 heteroatoms. The summed E-state index contributed by atoms with van der Waals surface area (Å²) >= 11 is 0. The van der Waals surface area contributed by atoms with Crippen molar-refractivity contribution in [3.8, 4) is 0 Å². The molecule has 1 fully saturated rings. The van der Waals surface area contributed by atoms with Crippen LogP contribution in [0.4, 0.5) is 0 Å². The average molecular weight is 258 g/mol. The first kappa shape index (κ1) is 15.9. The number of hydrogen-bond donors (Lipinski definition) is 1. The summed E-state index contributed by atoms with van der Waals surface area (Å²) < 4.78 is 11.4. The van der Waals surface area contributed by atoms with Crippen molar-refractivity contribution in [2.24, 2.45) is 5.92 Å². The summed E-state index contributed by atoms with van der Waals surface area (Å²) in [7, 11) is 0. The molecule has 4 nitrogen and oxygen atoms in total. The van der Waals surface area contributed by atoms with E-state index in [9.17, 15) is 0 Å². The quantitative estimate of drug-likeness (QED) is 0.633. The molecule has 0 aromatic carbocycles. The predicted molar refractivity (Wildman–Crippen MR) is 75.0 cm³/mol. The largest absolute Gasteiger partial charge is 0.379 e. The van der Waals surface area contributed by atoms with E-state index in [0.29, 0.717) is 0 Å². The zero-order chi connectivity index (χ0) is 13.2. The van der Waals surface area contributed by atoms with E-state index in [2.05, 4.69) is 31.0 Å². The highest BCUT2D eigenvalue weighted by atomic mass is 16.5. The molecule has 0 aromatic rings. The fourth-order valence-corrected chi connectivity index (χ4v) is 2.25. The Morgan fingerprint density at radius 3 is 3.00 bits per heavy atom. The first-order chi connectivity index (χ1) is 8.72. The van der Waals surface area contributed by atoms with Gasteiger partial charge in [0, 0.05) is 26.2 Å². The van der Waals surface area contributed by atoms with Gasteiger partial charge in [-0.05, 0) is 25.4 Å². The van der Waals surface area contributed by atoms with Gasteiger partial charge in [-0.3, -0.25) is 4.90 Å². The summed E-state index contributed by atoms with van der Waals surface area (Å²) in [5.74, 6) is 0.727. The van der Waals surface area contributed by atoms with Crippen LogP contribution in [0, 0.1) is 5.92 Å². The van der Waals surface area contributed by atoms with Gasteiger partial charge in [-0.2, -0.15) is 0 Å². The van der Waals surface area contributed by atoms with Gasteiger partial charge in [0.2, 0.25) is 0 Å². The van der Waals surface area contributed by atoms with E-state index in [1.165, 1.54) is 6.54 Å². The van der Waals surface area contributed by atoms with Crippen LogP contribution >= 0.6 is 0 Å². The standard InChI is InChI=1S/C14H30N2O2/c1-4-15-6-5-8-17-12-14-11-16(7-9-18-14)10-13(2)3/h13-15H,4-12H2,1-3H3/t14-/m1/s1. The predicted octanol–water partition coefficient (Wildman–Crippen LogP) is 1.36. The first-order valence-corrected chi connectivity index (χ1v) is 7.34. The Kier molecular flexibility index (Phi) is 8.59. The molecule has 0 radical (unpaired) electrons.